The van der Waals surface area contributed by atoms with Crippen molar-refractivity contribution in [1.29, 1.82) is 5.41 Å². The first-order valence-electron chi connectivity index (χ1n) is 6.16. The van der Waals surface area contributed by atoms with Gasteiger partial charge in [0.2, 0.25) is 5.95 Å². The van der Waals surface area contributed by atoms with Crippen molar-refractivity contribution >= 4 is 11.8 Å². The maximum atomic E-state index is 7.41. The minimum absolute atomic E-state index is 0.0181. The molecule has 98 valence electrons. The highest BCUT2D eigenvalue weighted by Crippen LogP contribution is 2.18. The molecule has 1 fully saturated rings. The molecule has 0 aromatic carbocycles. The number of piperidine rings is 1. The third-order valence-corrected chi connectivity index (χ3v) is 3.47. The van der Waals surface area contributed by atoms with Gasteiger partial charge in [0.1, 0.15) is 11.5 Å². The lowest BCUT2D eigenvalue weighted by atomic mass is 10.0. The van der Waals surface area contributed by atoms with Crippen molar-refractivity contribution in [1.82, 2.24) is 14.9 Å². The van der Waals surface area contributed by atoms with Crippen LogP contribution in [0.25, 0.3) is 0 Å². The second-order valence-electron chi connectivity index (χ2n) is 4.80. The Balaban J connectivity index is 2.10. The topological polar surface area (TPSA) is 82.1 Å². The van der Waals surface area contributed by atoms with Crippen LogP contribution in [0.5, 0.6) is 0 Å². The number of rotatable bonds is 3. The van der Waals surface area contributed by atoms with E-state index in [0.29, 0.717) is 17.7 Å². The first kappa shape index (κ1) is 12.8. The Bertz CT molecular complexity index is 424. The quantitative estimate of drug-likeness (QED) is 0.593. The predicted octanol–water partition coefficient (Wildman–Crippen LogP) is 0.291. The van der Waals surface area contributed by atoms with Gasteiger partial charge in [-0.1, -0.05) is 0 Å². The number of nitrogens with one attached hydrogen (secondary N) is 1. The molecule has 1 aromatic heterocycles. The van der Waals surface area contributed by atoms with Gasteiger partial charge in [-0.25, -0.2) is 9.97 Å². The van der Waals surface area contributed by atoms with Crippen LogP contribution in [0.3, 0.4) is 0 Å². The van der Waals surface area contributed by atoms with Crippen molar-refractivity contribution in [2.75, 3.05) is 32.1 Å². The number of hydrogen-bond donors (Lipinski definition) is 2. The number of nitrogens with two attached hydrogens (primary N) is 1. The highest BCUT2D eigenvalue weighted by Gasteiger charge is 2.22. The van der Waals surface area contributed by atoms with Gasteiger partial charge >= 0.3 is 0 Å². The first-order valence-corrected chi connectivity index (χ1v) is 6.16. The van der Waals surface area contributed by atoms with Crippen molar-refractivity contribution in [2.24, 2.45) is 5.73 Å². The second-order valence-corrected chi connectivity index (χ2v) is 4.80. The minimum Gasteiger partial charge on any atom is -0.382 e. The highest BCUT2D eigenvalue weighted by molar-refractivity contribution is 5.93. The van der Waals surface area contributed by atoms with Gasteiger partial charge in [-0.05, 0) is 39.0 Å². The Morgan fingerprint density at radius 2 is 2.17 bits per heavy atom. The maximum Gasteiger partial charge on any atom is 0.225 e. The lowest BCUT2D eigenvalue weighted by Crippen LogP contribution is -2.42. The van der Waals surface area contributed by atoms with Crippen LogP contribution in [-0.2, 0) is 0 Å². The summed E-state index contributed by atoms with van der Waals surface area (Å²) in [6, 6.07) is 2.12. The number of anilines is 1. The maximum absolute atomic E-state index is 7.41. The zero-order chi connectivity index (χ0) is 13.1. The standard InChI is InChI=1S/C12H20N6/c1-17-7-4-9(5-8-17)18(2)12-15-6-3-10(16-12)11(13)14/h3,6,9H,4-5,7-8H2,1-2H3,(H3,13,14). The monoisotopic (exact) mass is 248 g/mol. The summed E-state index contributed by atoms with van der Waals surface area (Å²) in [5.74, 6) is 0.632. The summed E-state index contributed by atoms with van der Waals surface area (Å²) in [7, 11) is 4.15. The smallest absolute Gasteiger partial charge is 0.225 e. The Hall–Kier alpha value is -1.69. The van der Waals surface area contributed by atoms with Gasteiger partial charge in [-0.3, -0.25) is 5.41 Å². The summed E-state index contributed by atoms with van der Waals surface area (Å²) in [6.07, 6.45) is 3.88. The molecule has 0 bridgehead atoms. The zero-order valence-corrected chi connectivity index (χ0v) is 10.9. The highest BCUT2D eigenvalue weighted by atomic mass is 15.3. The summed E-state index contributed by atoms with van der Waals surface area (Å²) in [6.45, 7) is 2.20. The van der Waals surface area contributed by atoms with Crippen LogP contribution in [0.4, 0.5) is 5.95 Å². The molecule has 1 aliphatic heterocycles. The molecule has 1 aliphatic rings. The van der Waals surface area contributed by atoms with Crippen molar-refractivity contribution in [2.45, 2.75) is 18.9 Å². The van der Waals surface area contributed by atoms with Gasteiger partial charge in [-0.2, -0.15) is 0 Å². The lowest BCUT2D eigenvalue weighted by Gasteiger charge is -2.35. The van der Waals surface area contributed by atoms with Crippen LogP contribution in [0, 0.1) is 5.41 Å². The Kier molecular flexibility index (Phi) is 3.76. The molecule has 18 heavy (non-hydrogen) atoms. The molecule has 2 rings (SSSR count). The summed E-state index contributed by atoms with van der Waals surface area (Å²) >= 11 is 0. The van der Waals surface area contributed by atoms with Gasteiger partial charge in [0.05, 0.1) is 0 Å². The van der Waals surface area contributed by atoms with Gasteiger partial charge in [0, 0.05) is 19.3 Å². The van der Waals surface area contributed by atoms with E-state index >= 15 is 0 Å². The Labute approximate surface area is 107 Å². The van der Waals surface area contributed by atoms with Crippen LogP contribution in [-0.4, -0.2) is 53.9 Å². The molecule has 6 heteroatoms. The second kappa shape index (κ2) is 5.30. The lowest BCUT2D eigenvalue weighted by molar-refractivity contribution is 0.252. The third-order valence-electron chi connectivity index (χ3n) is 3.47. The molecule has 1 aromatic rings. The average Bonchev–Trinajstić information content (AvgIpc) is 2.39. The molecule has 0 aliphatic carbocycles. The van der Waals surface area contributed by atoms with Crippen LogP contribution >= 0.6 is 0 Å². The SMILES string of the molecule is CN1CCC(N(C)c2nccc(C(=N)N)n2)CC1. The molecular weight excluding hydrogens is 228 g/mol. The van der Waals surface area contributed by atoms with Gasteiger partial charge in [0.15, 0.2) is 0 Å². The molecule has 3 N–H and O–H groups in total. The van der Waals surface area contributed by atoms with Crippen LogP contribution in [0.15, 0.2) is 12.3 Å². The van der Waals surface area contributed by atoms with E-state index in [1.54, 1.807) is 12.3 Å². The number of nitrogen functional groups attached to an aromatic ring is 1. The first-order chi connectivity index (χ1) is 8.58. The summed E-state index contributed by atoms with van der Waals surface area (Å²) < 4.78 is 0. The largest absolute Gasteiger partial charge is 0.382 e. The predicted molar refractivity (Wildman–Crippen MR) is 72.0 cm³/mol. The molecule has 0 unspecified atom stereocenters. The fraction of sp³-hybridized carbons (Fsp3) is 0.583. The van der Waals surface area contributed by atoms with E-state index in [1.165, 1.54) is 0 Å². The van der Waals surface area contributed by atoms with E-state index in [2.05, 4.69) is 26.8 Å². The van der Waals surface area contributed by atoms with Crippen LogP contribution in [0.1, 0.15) is 18.5 Å². The van der Waals surface area contributed by atoms with Gasteiger partial charge in [-0.15, -0.1) is 0 Å². The van der Waals surface area contributed by atoms with Gasteiger partial charge in [0.25, 0.3) is 0 Å². The molecule has 0 amide bonds. The fourth-order valence-electron chi connectivity index (χ4n) is 2.21. The van der Waals surface area contributed by atoms with E-state index in [1.807, 2.05) is 7.05 Å². The minimum atomic E-state index is -0.0181. The third kappa shape index (κ3) is 2.76. The number of aromatic nitrogens is 2. The Morgan fingerprint density at radius 3 is 2.78 bits per heavy atom. The van der Waals surface area contributed by atoms with E-state index in [0.717, 1.165) is 25.9 Å². The van der Waals surface area contributed by atoms with E-state index < -0.39 is 0 Å². The van der Waals surface area contributed by atoms with Gasteiger partial charge < -0.3 is 15.5 Å². The molecule has 2 heterocycles. The number of hydrogen-bond acceptors (Lipinski definition) is 5. The fourth-order valence-corrected chi connectivity index (χ4v) is 2.21. The molecule has 1 saturated heterocycles. The van der Waals surface area contributed by atoms with Crippen LogP contribution < -0.4 is 10.6 Å². The number of amidine groups is 1. The van der Waals surface area contributed by atoms with Crippen molar-refractivity contribution in [3.63, 3.8) is 0 Å². The van der Waals surface area contributed by atoms with Crippen molar-refractivity contribution in [3.8, 4) is 0 Å². The van der Waals surface area contributed by atoms with Crippen molar-refractivity contribution < 1.29 is 0 Å². The molecule has 0 spiro atoms. The normalized spacial score (nSPS) is 17.7. The number of likely N-dealkylation sites (tertiary alicyclic amines) is 1. The van der Waals surface area contributed by atoms with E-state index in [9.17, 15) is 0 Å². The molecule has 0 radical (unpaired) electrons. The van der Waals surface area contributed by atoms with E-state index in [4.69, 9.17) is 11.1 Å². The average molecular weight is 248 g/mol. The van der Waals surface area contributed by atoms with Crippen molar-refractivity contribution in [3.05, 3.63) is 18.0 Å². The Morgan fingerprint density at radius 1 is 1.50 bits per heavy atom. The molecule has 6 nitrogen and oxygen atoms in total. The summed E-state index contributed by atoms with van der Waals surface area (Å²) in [5, 5.41) is 7.41. The molecule has 0 saturated carbocycles. The summed E-state index contributed by atoms with van der Waals surface area (Å²) in [4.78, 5) is 13.0. The molecular formula is C12H20N6. The van der Waals surface area contributed by atoms with Crippen LogP contribution in [0.2, 0.25) is 0 Å². The van der Waals surface area contributed by atoms with E-state index in [-0.39, 0.29) is 5.84 Å². The number of nitrogens with zero attached hydrogens (tertiary/aromatic N) is 4. The zero-order valence-electron chi connectivity index (χ0n) is 10.9. The summed E-state index contributed by atoms with van der Waals surface area (Å²) in [5.41, 5.74) is 5.93. The molecule has 0 atom stereocenters.